The first-order chi connectivity index (χ1) is 7.67. The number of halogens is 2. The van der Waals surface area contributed by atoms with Crippen LogP contribution in [0, 0.1) is 22.7 Å². The van der Waals surface area contributed by atoms with Crippen LogP contribution < -0.4 is 9.95 Å². The highest BCUT2D eigenvalue weighted by molar-refractivity contribution is 6.31. The van der Waals surface area contributed by atoms with Crippen molar-refractivity contribution in [3.63, 3.8) is 0 Å². The molecule has 0 radical (unpaired) electrons. The Hall–Kier alpha value is -1.88. The molecule has 16 heavy (non-hydrogen) atoms. The molecule has 80 valence electrons. The molecule has 0 aromatic heterocycles. The van der Waals surface area contributed by atoms with Gasteiger partial charge in [0.2, 0.25) is 0 Å². The summed E-state index contributed by atoms with van der Waals surface area (Å²) in [7, 11) is 0. The quantitative estimate of drug-likeness (QED) is 0.511. The molecule has 0 aliphatic heterocycles. The zero-order valence-electron chi connectivity index (χ0n) is 7.98. The standard InChI is InChI=1S/C10H6Cl2N4/c11-9-2-1-3-10(4-9)16(12)15-7-8(5-13)6-14/h1-4,7,15H. The van der Waals surface area contributed by atoms with Crippen LogP contribution in [0.3, 0.4) is 0 Å². The van der Waals surface area contributed by atoms with Gasteiger partial charge >= 0.3 is 0 Å². The van der Waals surface area contributed by atoms with Crippen LogP contribution in [0.15, 0.2) is 36.0 Å². The summed E-state index contributed by atoms with van der Waals surface area (Å²) in [6.07, 6.45) is 1.20. The zero-order chi connectivity index (χ0) is 12.0. The number of rotatable bonds is 3. The van der Waals surface area contributed by atoms with Crippen molar-refractivity contribution in [3.05, 3.63) is 41.1 Å². The number of anilines is 1. The zero-order valence-corrected chi connectivity index (χ0v) is 9.50. The SMILES string of the molecule is N#CC(C#N)=CNN(Cl)c1cccc(Cl)c1. The van der Waals surface area contributed by atoms with E-state index in [0.717, 1.165) is 4.53 Å². The third kappa shape index (κ3) is 3.36. The molecule has 0 fully saturated rings. The van der Waals surface area contributed by atoms with E-state index >= 15 is 0 Å². The molecule has 0 amide bonds. The Bertz CT molecular complexity index is 468. The molecule has 0 aliphatic carbocycles. The number of hydrazine groups is 1. The lowest BCUT2D eigenvalue weighted by atomic mass is 10.3. The maximum atomic E-state index is 8.49. The van der Waals surface area contributed by atoms with Crippen LogP contribution in [0.25, 0.3) is 0 Å². The average Bonchev–Trinajstić information content (AvgIpc) is 2.30. The van der Waals surface area contributed by atoms with Gasteiger partial charge < -0.3 is 0 Å². The van der Waals surface area contributed by atoms with Crippen molar-refractivity contribution in [1.82, 2.24) is 5.43 Å². The van der Waals surface area contributed by atoms with Gasteiger partial charge in [-0.2, -0.15) is 15.1 Å². The second-order valence-electron chi connectivity index (χ2n) is 2.67. The highest BCUT2D eigenvalue weighted by atomic mass is 35.5. The highest BCUT2D eigenvalue weighted by Gasteiger charge is 2.01. The molecule has 0 saturated heterocycles. The van der Waals surface area contributed by atoms with Crippen LogP contribution >= 0.6 is 23.4 Å². The van der Waals surface area contributed by atoms with Crippen molar-refractivity contribution in [2.45, 2.75) is 0 Å². The minimum absolute atomic E-state index is 0.0762. The molecule has 0 bridgehead atoms. The first-order valence-electron chi connectivity index (χ1n) is 4.15. The molecule has 1 aromatic carbocycles. The molecule has 0 heterocycles. The molecule has 1 N–H and O–H groups in total. The molecule has 4 nitrogen and oxygen atoms in total. The Morgan fingerprint density at radius 3 is 2.62 bits per heavy atom. The van der Waals surface area contributed by atoms with Crippen molar-refractivity contribution in [3.8, 4) is 12.1 Å². The Kier molecular flexibility index (Phi) is 4.47. The van der Waals surface area contributed by atoms with Gasteiger partial charge in [0.05, 0.1) is 5.69 Å². The number of hydrogen-bond acceptors (Lipinski definition) is 4. The van der Waals surface area contributed by atoms with E-state index in [9.17, 15) is 0 Å². The number of nitriles is 2. The highest BCUT2D eigenvalue weighted by Crippen LogP contribution is 2.19. The fourth-order valence-corrected chi connectivity index (χ4v) is 1.22. The summed E-state index contributed by atoms with van der Waals surface area (Å²) in [5.41, 5.74) is 3.08. The van der Waals surface area contributed by atoms with E-state index in [1.807, 2.05) is 0 Å². The Morgan fingerprint density at radius 2 is 2.06 bits per heavy atom. The van der Waals surface area contributed by atoms with Gasteiger partial charge in [-0.05, 0) is 18.2 Å². The molecule has 0 spiro atoms. The van der Waals surface area contributed by atoms with E-state index in [-0.39, 0.29) is 5.57 Å². The van der Waals surface area contributed by atoms with Crippen LogP contribution in [-0.2, 0) is 0 Å². The van der Waals surface area contributed by atoms with E-state index in [2.05, 4.69) is 5.43 Å². The molecule has 1 aromatic rings. The van der Waals surface area contributed by atoms with Gasteiger partial charge in [-0.25, -0.2) is 0 Å². The Labute approximate surface area is 103 Å². The lowest BCUT2D eigenvalue weighted by Gasteiger charge is -2.14. The second-order valence-corrected chi connectivity index (χ2v) is 3.45. The van der Waals surface area contributed by atoms with Gasteiger partial charge in [0.15, 0.2) is 0 Å². The van der Waals surface area contributed by atoms with Gasteiger partial charge in [0, 0.05) is 23.0 Å². The molecule has 0 atom stereocenters. The maximum Gasteiger partial charge on any atom is 0.147 e. The molecular weight excluding hydrogens is 247 g/mol. The molecule has 6 heteroatoms. The predicted molar refractivity (Wildman–Crippen MR) is 62.2 cm³/mol. The smallest absolute Gasteiger partial charge is 0.147 e. The summed E-state index contributed by atoms with van der Waals surface area (Å²) < 4.78 is 1.13. The fraction of sp³-hybridized carbons (Fsp3) is 0. The number of benzene rings is 1. The van der Waals surface area contributed by atoms with E-state index < -0.39 is 0 Å². The third-order valence-electron chi connectivity index (χ3n) is 1.60. The summed E-state index contributed by atoms with van der Waals surface area (Å²) in [4.78, 5) is 0. The summed E-state index contributed by atoms with van der Waals surface area (Å²) >= 11 is 11.6. The van der Waals surface area contributed by atoms with Gasteiger partial charge in [0.1, 0.15) is 17.7 Å². The third-order valence-corrected chi connectivity index (χ3v) is 2.13. The second kappa shape index (κ2) is 5.87. The van der Waals surface area contributed by atoms with Crippen molar-refractivity contribution < 1.29 is 0 Å². The van der Waals surface area contributed by atoms with Crippen molar-refractivity contribution >= 4 is 29.1 Å². The number of allylic oxidation sites excluding steroid dienone is 1. The van der Waals surface area contributed by atoms with E-state index in [1.165, 1.54) is 6.20 Å². The van der Waals surface area contributed by atoms with Gasteiger partial charge in [0.25, 0.3) is 0 Å². The van der Waals surface area contributed by atoms with E-state index in [4.69, 9.17) is 33.9 Å². The first kappa shape index (κ1) is 12.2. The average molecular weight is 253 g/mol. The number of nitrogens with one attached hydrogen (secondary N) is 1. The van der Waals surface area contributed by atoms with Gasteiger partial charge in [-0.3, -0.25) is 5.43 Å². The minimum atomic E-state index is -0.0762. The fourth-order valence-electron chi connectivity index (χ4n) is 0.884. The summed E-state index contributed by atoms with van der Waals surface area (Å²) in [6.45, 7) is 0. The van der Waals surface area contributed by atoms with Crippen LogP contribution in [0.4, 0.5) is 5.69 Å². The van der Waals surface area contributed by atoms with Crippen LogP contribution in [0.2, 0.25) is 5.02 Å². The normalized spacial score (nSPS) is 8.50. The maximum absolute atomic E-state index is 8.49. The van der Waals surface area contributed by atoms with Crippen LogP contribution in [0.1, 0.15) is 0 Å². The topological polar surface area (TPSA) is 62.9 Å². The Morgan fingerprint density at radius 1 is 1.38 bits per heavy atom. The minimum Gasteiger partial charge on any atom is -0.289 e. The van der Waals surface area contributed by atoms with Crippen LogP contribution in [-0.4, -0.2) is 0 Å². The molecule has 0 saturated carbocycles. The number of nitrogens with zero attached hydrogens (tertiary/aromatic N) is 3. The summed E-state index contributed by atoms with van der Waals surface area (Å²) in [5, 5.41) is 17.5. The molecule has 0 unspecified atom stereocenters. The molecule has 0 aliphatic rings. The lowest BCUT2D eigenvalue weighted by Crippen LogP contribution is -2.24. The summed E-state index contributed by atoms with van der Waals surface area (Å²) in [6, 6.07) is 10.2. The van der Waals surface area contributed by atoms with E-state index in [1.54, 1.807) is 36.4 Å². The monoisotopic (exact) mass is 252 g/mol. The summed E-state index contributed by atoms with van der Waals surface area (Å²) in [5.74, 6) is 0. The number of hydrogen-bond donors (Lipinski definition) is 1. The largest absolute Gasteiger partial charge is 0.289 e. The lowest BCUT2D eigenvalue weighted by molar-refractivity contribution is 0.946. The molecule has 1 rings (SSSR count). The predicted octanol–water partition coefficient (Wildman–Crippen LogP) is 2.74. The van der Waals surface area contributed by atoms with Crippen molar-refractivity contribution in [1.29, 1.82) is 10.5 Å². The Balaban J connectivity index is 2.75. The van der Waals surface area contributed by atoms with Crippen molar-refractivity contribution in [2.75, 3.05) is 4.53 Å². The van der Waals surface area contributed by atoms with Gasteiger partial charge in [-0.1, -0.05) is 17.7 Å². The van der Waals surface area contributed by atoms with Crippen LogP contribution in [0.5, 0.6) is 0 Å². The molecular formula is C10H6Cl2N4. The van der Waals surface area contributed by atoms with E-state index in [0.29, 0.717) is 10.7 Å². The first-order valence-corrected chi connectivity index (χ1v) is 4.87. The van der Waals surface area contributed by atoms with Gasteiger partial charge in [-0.15, -0.1) is 0 Å². The van der Waals surface area contributed by atoms with Crippen molar-refractivity contribution in [2.24, 2.45) is 0 Å².